The summed E-state index contributed by atoms with van der Waals surface area (Å²) in [7, 11) is 0. The lowest BCUT2D eigenvalue weighted by Crippen LogP contribution is -2.22. The summed E-state index contributed by atoms with van der Waals surface area (Å²) in [5.41, 5.74) is 0. The molecule has 0 aromatic heterocycles. The summed E-state index contributed by atoms with van der Waals surface area (Å²) in [4.78, 5) is 11.2. The summed E-state index contributed by atoms with van der Waals surface area (Å²) in [5.74, 6) is -0.488. The second kappa shape index (κ2) is 17.3. The monoisotopic (exact) mass is 324 g/mol. The number of hydrogen-bond donors (Lipinski definition) is 1. The van der Waals surface area contributed by atoms with Gasteiger partial charge >= 0.3 is 5.97 Å². The molecule has 0 saturated heterocycles. The lowest BCUT2D eigenvalue weighted by atomic mass is 10.1. The number of rotatable bonds is 15. The summed E-state index contributed by atoms with van der Waals surface area (Å²) in [6.45, 7) is 4.31. The number of unbranched alkanes of at least 4 members (excludes halogenated alkanes) is 7. The first-order chi connectivity index (χ1) is 11.2. The molecule has 0 spiro atoms. The number of hydrogen-bond acceptors (Lipinski definition) is 3. The van der Waals surface area contributed by atoms with E-state index in [2.05, 4.69) is 31.2 Å². The van der Waals surface area contributed by atoms with Crippen LogP contribution >= 0.6 is 0 Å². The van der Waals surface area contributed by atoms with Gasteiger partial charge in [-0.25, -0.2) is 4.79 Å². The normalized spacial score (nSPS) is 13.0. The van der Waals surface area contributed by atoms with E-state index in [1.807, 2.05) is 0 Å². The molecule has 0 aliphatic heterocycles. The van der Waals surface area contributed by atoms with Gasteiger partial charge in [-0.2, -0.15) is 0 Å². The van der Waals surface area contributed by atoms with Gasteiger partial charge in [0.25, 0.3) is 0 Å². The summed E-state index contributed by atoms with van der Waals surface area (Å²) < 4.78 is 4.77. The minimum atomic E-state index is -0.945. The highest BCUT2D eigenvalue weighted by Gasteiger charge is 2.14. The molecule has 3 nitrogen and oxygen atoms in total. The first-order valence-electron chi connectivity index (χ1n) is 9.37. The number of aliphatic hydroxyl groups is 1. The third kappa shape index (κ3) is 15.6. The molecule has 0 saturated carbocycles. The highest BCUT2D eigenvalue weighted by atomic mass is 16.5. The Bertz CT molecular complexity index is 321. The maximum atomic E-state index is 11.2. The fraction of sp³-hybridized carbons (Fsp3) is 0.750. The maximum Gasteiger partial charge on any atom is 0.334 e. The van der Waals surface area contributed by atoms with Crippen LogP contribution in [0.2, 0.25) is 0 Å². The van der Waals surface area contributed by atoms with Crippen molar-refractivity contribution in [3.63, 3.8) is 0 Å². The van der Waals surface area contributed by atoms with Crippen LogP contribution in [0, 0.1) is 0 Å². The summed E-state index contributed by atoms with van der Waals surface area (Å²) >= 11 is 0. The molecule has 0 radical (unpaired) electrons. The predicted molar refractivity (Wildman–Crippen MR) is 97.4 cm³/mol. The fourth-order valence-corrected chi connectivity index (χ4v) is 2.33. The molecule has 0 aromatic carbocycles. The standard InChI is InChI=1S/C20H36O3/c1-3-5-6-7-8-9-10-11-12-13-14-15-16-17-18-19(21)20(22)23-4-2/h8-9,11-12,19,21H,3-7,10,13-18H2,1-2H3/b9-8-,12-11-. The quantitative estimate of drug-likeness (QED) is 0.251. The van der Waals surface area contributed by atoms with Gasteiger partial charge in [-0.05, 0) is 45.4 Å². The average Bonchev–Trinajstić information content (AvgIpc) is 2.55. The van der Waals surface area contributed by atoms with Crippen molar-refractivity contribution >= 4 is 5.97 Å². The highest BCUT2D eigenvalue weighted by Crippen LogP contribution is 2.09. The Morgan fingerprint density at radius 3 is 2.13 bits per heavy atom. The number of esters is 1. The van der Waals surface area contributed by atoms with Crippen molar-refractivity contribution < 1.29 is 14.6 Å². The summed E-state index contributed by atoms with van der Waals surface area (Å²) in [6.07, 6.45) is 20.1. The molecule has 1 N–H and O–H groups in total. The predicted octanol–water partition coefficient (Wildman–Crippen LogP) is 5.33. The molecular formula is C20H36O3. The zero-order valence-corrected chi connectivity index (χ0v) is 15.1. The second-order valence-electron chi connectivity index (χ2n) is 5.93. The fourth-order valence-electron chi connectivity index (χ4n) is 2.33. The molecule has 0 rings (SSSR count). The molecule has 0 fully saturated rings. The first-order valence-corrected chi connectivity index (χ1v) is 9.37. The van der Waals surface area contributed by atoms with Gasteiger partial charge in [-0.3, -0.25) is 0 Å². The van der Waals surface area contributed by atoms with Crippen molar-refractivity contribution in [2.45, 2.75) is 90.6 Å². The molecule has 134 valence electrons. The zero-order chi connectivity index (χ0) is 17.2. The van der Waals surface area contributed by atoms with E-state index in [1.165, 1.54) is 32.1 Å². The SMILES string of the molecule is CCCCC/C=C\C/C=C\CCCCCCC(O)C(=O)OCC. The molecule has 3 heteroatoms. The van der Waals surface area contributed by atoms with Crippen molar-refractivity contribution in [3.8, 4) is 0 Å². The van der Waals surface area contributed by atoms with E-state index < -0.39 is 12.1 Å². The molecule has 1 atom stereocenters. The van der Waals surface area contributed by atoms with Gasteiger partial charge in [-0.1, -0.05) is 63.3 Å². The van der Waals surface area contributed by atoms with Crippen molar-refractivity contribution in [1.82, 2.24) is 0 Å². The summed E-state index contributed by atoms with van der Waals surface area (Å²) in [5, 5.41) is 9.55. The van der Waals surface area contributed by atoms with Crippen LogP contribution in [0.25, 0.3) is 0 Å². The van der Waals surface area contributed by atoms with Gasteiger partial charge in [0.15, 0.2) is 6.10 Å². The molecule has 1 unspecified atom stereocenters. The molecular weight excluding hydrogens is 288 g/mol. The number of carbonyl (C=O) groups excluding carboxylic acids is 1. The van der Waals surface area contributed by atoms with Crippen LogP contribution in [-0.4, -0.2) is 23.8 Å². The Labute approximate surface area is 142 Å². The minimum absolute atomic E-state index is 0.330. The summed E-state index contributed by atoms with van der Waals surface area (Å²) in [6, 6.07) is 0. The molecule has 0 amide bonds. The van der Waals surface area contributed by atoms with E-state index in [-0.39, 0.29) is 0 Å². The van der Waals surface area contributed by atoms with Gasteiger partial charge in [-0.15, -0.1) is 0 Å². The van der Waals surface area contributed by atoms with Crippen molar-refractivity contribution in [2.24, 2.45) is 0 Å². The van der Waals surface area contributed by atoms with Crippen LogP contribution in [0.1, 0.15) is 84.5 Å². The minimum Gasteiger partial charge on any atom is -0.464 e. The van der Waals surface area contributed by atoms with Gasteiger partial charge in [0.1, 0.15) is 0 Å². The average molecular weight is 325 g/mol. The van der Waals surface area contributed by atoms with Gasteiger partial charge in [0.2, 0.25) is 0 Å². The molecule has 0 aliphatic carbocycles. The molecule has 0 heterocycles. The third-order valence-electron chi connectivity index (χ3n) is 3.74. The van der Waals surface area contributed by atoms with Crippen molar-refractivity contribution in [2.75, 3.05) is 6.61 Å². The van der Waals surface area contributed by atoms with Crippen LogP contribution in [0.3, 0.4) is 0 Å². The van der Waals surface area contributed by atoms with E-state index in [1.54, 1.807) is 6.92 Å². The van der Waals surface area contributed by atoms with E-state index in [0.717, 1.165) is 32.1 Å². The molecule has 0 aliphatic rings. The van der Waals surface area contributed by atoms with E-state index in [4.69, 9.17) is 4.74 Å². The van der Waals surface area contributed by atoms with Crippen LogP contribution in [0.5, 0.6) is 0 Å². The van der Waals surface area contributed by atoms with Gasteiger partial charge in [0, 0.05) is 0 Å². The second-order valence-corrected chi connectivity index (χ2v) is 5.93. The largest absolute Gasteiger partial charge is 0.464 e. The van der Waals surface area contributed by atoms with Crippen LogP contribution in [0.4, 0.5) is 0 Å². The third-order valence-corrected chi connectivity index (χ3v) is 3.74. The Morgan fingerprint density at radius 1 is 0.913 bits per heavy atom. The van der Waals surface area contributed by atoms with Crippen molar-refractivity contribution in [3.05, 3.63) is 24.3 Å². The lowest BCUT2D eigenvalue weighted by molar-refractivity contribution is -0.153. The lowest BCUT2D eigenvalue weighted by Gasteiger charge is -2.08. The topological polar surface area (TPSA) is 46.5 Å². The van der Waals surface area contributed by atoms with Crippen LogP contribution < -0.4 is 0 Å². The Hall–Kier alpha value is -1.09. The van der Waals surface area contributed by atoms with E-state index in [9.17, 15) is 9.90 Å². The van der Waals surface area contributed by atoms with E-state index in [0.29, 0.717) is 13.0 Å². The Morgan fingerprint density at radius 2 is 1.52 bits per heavy atom. The number of allylic oxidation sites excluding steroid dienone is 4. The zero-order valence-electron chi connectivity index (χ0n) is 15.1. The van der Waals surface area contributed by atoms with Crippen LogP contribution in [-0.2, 0) is 9.53 Å². The molecule has 0 aromatic rings. The van der Waals surface area contributed by atoms with E-state index >= 15 is 0 Å². The number of carbonyl (C=O) groups is 1. The highest BCUT2D eigenvalue weighted by molar-refractivity contribution is 5.74. The Kier molecular flexibility index (Phi) is 16.4. The molecule has 0 bridgehead atoms. The maximum absolute atomic E-state index is 11.2. The Balaban J connectivity index is 3.35. The number of ether oxygens (including phenoxy) is 1. The first kappa shape index (κ1) is 21.9. The van der Waals surface area contributed by atoms with Crippen molar-refractivity contribution in [1.29, 1.82) is 0 Å². The number of aliphatic hydroxyl groups excluding tert-OH is 1. The molecule has 23 heavy (non-hydrogen) atoms. The smallest absolute Gasteiger partial charge is 0.334 e. The van der Waals surface area contributed by atoms with Gasteiger partial charge < -0.3 is 9.84 Å². The van der Waals surface area contributed by atoms with Crippen LogP contribution in [0.15, 0.2) is 24.3 Å². The van der Waals surface area contributed by atoms with Gasteiger partial charge in [0.05, 0.1) is 6.61 Å².